The highest BCUT2D eigenvalue weighted by Gasteiger charge is 2.45. The highest BCUT2D eigenvalue weighted by Crippen LogP contribution is 2.48. The average molecular weight is 443 g/mol. The summed E-state index contributed by atoms with van der Waals surface area (Å²) in [6.45, 7) is 2.07. The standard InChI is InChI=1S/C26H22N2O3S/c1-3-16-8-12-18(13-9-16)28-25(29)22-23(17-10-14-19(31-2)15-11-17)27-20-6-4-5-7-21(20)32-24(22)26(28)30/h4-15,23,27H,3H2,1-2H3/t23-/m0/s1. The van der Waals surface area contributed by atoms with E-state index in [-0.39, 0.29) is 11.8 Å². The first kappa shape index (κ1) is 20.4. The fourth-order valence-electron chi connectivity index (χ4n) is 4.05. The summed E-state index contributed by atoms with van der Waals surface area (Å²) in [5.74, 6) is 0.164. The van der Waals surface area contributed by atoms with E-state index in [9.17, 15) is 9.59 Å². The lowest BCUT2D eigenvalue weighted by Gasteiger charge is -2.23. The van der Waals surface area contributed by atoms with E-state index < -0.39 is 6.04 Å². The van der Waals surface area contributed by atoms with E-state index in [0.717, 1.165) is 33.9 Å². The Balaban J connectivity index is 1.61. The number of carbonyl (C=O) groups is 2. The molecule has 3 aromatic carbocycles. The molecule has 5 rings (SSSR count). The van der Waals surface area contributed by atoms with Gasteiger partial charge in [0.25, 0.3) is 11.8 Å². The molecular formula is C26H22N2O3S. The number of hydrogen-bond acceptors (Lipinski definition) is 5. The van der Waals surface area contributed by atoms with Crippen molar-refractivity contribution in [2.75, 3.05) is 17.3 Å². The molecule has 3 aromatic rings. The molecule has 1 atom stereocenters. The number of nitrogens with one attached hydrogen (secondary N) is 1. The molecule has 0 spiro atoms. The average Bonchev–Trinajstić information content (AvgIpc) is 2.98. The quantitative estimate of drug-likeness (QED) is 0.553. The Hall–Kier alpha value is -3.51. The van der Waals surface area contributed by atoms with Gasteiger partial charge >= 0.3 is 0 Å². The van der Waals surface area contributed by atoms with Crippen LogP contribution in [-0.4, -0.2) is 18.9 Å². The van der Waals surface area contributed by atoms with E-state index in [4.69, 9.17) is 4.74 Å². The van der Waals surface area contributed by atoms with Gasteiger partial charge in [-0.15, -0.1) is 0 Å². The first-order chi connectivity index (χ1) is 15.6. The summed E-state index contributed by atoms with van der Waals surface area (Å²) in [7, 11) is 1.62. The third-order valence-corrected chi connectivity index (χ3v) is 6.99. The topological polar surface area (TPSA) is 58.6 Å². The van der Waals surface area contributed by atoms with Crippen LogP contribution in [0.2, 0.25) is 0 Å². The number of aryl methyl sites for hydroxylation is 1. The number of amides is 2. The lowest BCUT2D eigenvalue weighted by molar-refractivity contribution is -0.120. The molecule has 2 amide bonds. The number of fused-ring (bicyclic) bond motifs is 1. The van der Waals surface area contributed by atoms with Gasteiger partial charge in [0, 0.05) is 10.6 Å². The molecule has 0 unspecified atom stereocenters. The maximum atomic E-state index is 13.7. The third-order valence-electron chi connectivity index (χ3n) is 5.81. The van der Waals surface area contributed by atoms with E-state index in [2.05, 4.69) is 12.2 Å². The maximum absolute atomic E-state index is 13.7. The van der Waals surface area contributed by atoms with Gasteiger partial charge in [-0.1, -0.05) is 55.1 Å². The number of thioether (sulfide) groups is 1. The van der Waals surface area contributed by atoms with Crippen LogP contribution in [0, 0.1) is 0 Å². The number of hydrogen-bond donors (Lipinski definition) is 1. The van der Waals surface area contributed by atoms with Gasteiger partial charge in [-0.05, 0) is 53.9 Å². The highest BCUT2D eigenvalue weighted by atomic mass is 32.2. The van der Waals surface area contributed by atoms with Crippen LogP contribution in [-0.2, 0) is 16.0 Å². The van der Waals surface area contributed by atoms with Gasteiger partial charge in [-0.25, -0.2) is 4.90 Å². The van der Waals surface area contributed by atoms with Crippen molar-refractivity contribution in [3.05, 3.63) is 94.4 Å². The summed E-state index contributed by atoms with van der Waals surface area (Å²) in [6, 6.07) is 22.5. The minimum absolute atomic E-state index is 0.281. The molecule has 0 aromatic heterocycles. The smallest absolute Gasteiger partial charge is 0.272 e. The number of methoxy groups -OCH3 is 1. The van der Waals surface area contributed by atoms with Crippen molar-refractivity contribution in [3.63, 3.8) is 0 Å². The fraction of sp³-hybridized carbons (Fsp3) is 0.154. The zero-order chi connectivity index (χ0) is 22.2. The first-order valence-electron chi connectivity index (χ1n) is 10.5. The van der Waals surface area contributed by atoms with Crippen molar-refractivity contribution in [3.8, 4) is 5.75 Å². The number of nitrogens with zero attached hydrogens (tertiary/aromatic N) is 1. The highest BCUT2D eigenvalue weighted by molar-refractivity contribution is 8.04. The zero-order valence-electron chi connectivity index (χ0n) is 17.8. The zero-order valence-corrected chi connectivity index (χ0v) is 18.6. The largest absolute Gasteiger partial charge is 0.497 e. The van der Waals surface area contributed by atoms with Crippen molar-refractivity contribution < 1.29 is 14.3 Å². The lowest BCUT2D eigenvalue weighted by Crippen LogP contribution is -2.33. The maximum Gasteiger partial charge on any atom is 0.272 e. The fourth-order valence-corrected chi connectivity index (χ4v) is 5.15. The van der Waals surface area contributed by atoms with E-state index in [1.165, 1.54) is 16.7 Å². The Bertz CT molecular complexity index is 1230. The summed E-state index contributed by atoms with van der Waals surface area (Å²) in [6.07, 6.45) is 0.896. The van der Waals surface area contributed by atoms with Crippen LogP contribution in [0.1, 0.15) is 24.1 Å². The van der Waals surface area contributed by atoms with Crippen LogP contribution >= 0.6 is 11.8 Å². The van der Waals surface area contributed by atoms with E-state index in [1.54, 1.807) is 7.11 Å². The Kier molecular flexibility index (Phi) is 5.23. The molecule has 1 N–H and O–H groups in total. The van der Waals surface area contributed by atoms with Crippen LogP contribution in [0.5, 0.6) is 5.75 Å². The van der Waals surface area contributed by atoms with Crippen molar-refractivity contribution >= 4 is 35.0 Å². The van der Waals surface area contributed by atoms with Crippen LogP contribution in [0.15, 0.2) is 88.2 Å². The second kappa shape index (κ2) is 8.20. The van der Waals surface area contributed by atoms with Crippen LogP contribution < -0.4 is 15.0 Å². The molecule has 5 nitrogen and oxygen atoms in total. The molecule has 0 bridgehead atoms. The molecule has 0 fully saturated rings. The van der Waals surface area contributed by atoms with Gasteiger partial charge in [-0.3, -0.25) is 9.59 Å². The molecule has 32 heavy (non-hydrogen) atoms. The van der Waals surface area contributed by atoms with Crippen molar-refractivity contribution in [1.29, 1.82) is 0 Å². The van der Waals surface area contributed by atoms with Gasteiger partial charge in [0.2, 0.25) is 0 Å². The van der Waals surface area contributed by atoms with Crippen LogP contribution in [0.25, 0.3) is 0 Å². The number of imide groups is 1. The summed E-state index contributed by atoms with van der Waals surface area (Å²) in [4.78, 5) is 29.9. The van der Waals surface area contributed by atoms with E-state index in [0.29, 0.717) is 16.2 Å². The molecular weight excluding hydrogens is 420 g/mol. The molecule has 2 heterocycles. The van der Waals surface area contributed by atoms with Gasteiger partial charge in [0.15, 0.2) is 0 Å². The lowest BCUT2D eigenvalue weighted by atomic mass is 9.98. The first-order valence-corrected chi connectivity index (χ1v) is 11.3. The Labute approximate surface area is 191 Å². The van der Waals surface area contributed by atoms with Gasteiger partial charge in [-0.2, -0.15) is 0 Å². The van der Waals surface area contributed by atoms with Crippen molar-refractivity contribution in [2.45, 2.75) is 24.3 Å². The van der Waals surface area contributed by atoms with Gasteiger partial charge < -0.3 is 10.1 Å². The Morgan fingerprint density at radius 3 is 2.34 bits per heavy atom. The molecule has 0 saturated heterocycles. The second-order valence-electron chi connectivity index (χ2n) is 7.66. The van der Waals surface area contributed by atoms with Crippen LogP contribution in [0.4, 0.5) is 11.4 Å². The molecule has 0 saturated carbocycles. The van der Waals surface area contributed by atoms with Crippen molar-refractivity contribution in [2.24, 2.45) is 0 Å². The third kappa shape index (κ3) is 3.37. The molecule has 160 valence electrons. The number of benzene rings is 3. The second-order valence-corrected chi connectivity index (χ2v) is 8.71. The summed E-state index contributed by atoms with van der Waals surface area (Å²) < 4.78 is 5.29. The summed E-state index contributed by atoms with van der Waals surface area (Å²) >= 11 is 1.35. The number of ether oxygens (including phenoxy) is 1. The van der Waals surface area contributed by atoms with Gasteiger partial charge in [0.05, 0.1) is 29.3 Å². The monoisotopic (exact) mass is 442 g/mol. The molecule has 2 aliphatic heterocycles. The predicted molar refractivity (Wildman–Crippen MR) is 127 cm³/mol. The van der Waals surface area contributed by atoms with Crippen molar-refractivity contribution in [1.82, 2.24) is 0 Å². The minimum atomic E-state index is -0.455. The Morgan fingerprint density at radius 2 is 1.66 bits per heavy atom. The normalized spacial score (nSPS) is 17.6. The number of para-hydroxylation sites is 1. The number of carbonyl (C=O) groups excluding carboxylic acids is 2. The summed E-state index contributed by atoms with van der Waals surface area (Å²) in [5.41, 5.74) is 4.00. The number of rotatable bonds is 4. The SMILES string of the molecule is CCc1ccc(N2C(=O)C3=C(C2=O)[C@H](c2ccc(OC)cc2)Nc2ccccc2S3)cc1. The Morgan fingerprint density at radius 1 is 0.938 bits per heavy atom. The number of anilines is 2. The van der Waals surface area contributed by atoms with E-state index in [1.807, 2.05) is 72.8 Å². The molecule has 0 aliphatic carbocycles. The van der Waals surface area contributed by atoms with Crippen LogP contribution in [0.3, 0.4) is 0 Å². The predicted octanol–water partition coefficient (Wildman–Crippen LogP) is 5.34. The van der Waals surface area contributed by atoms with E-state index >= 15 is 0 Å². The molecule has 6 heteroatoms. The molecule has 0 radical (unpaired) electrons. The molecule has 2 aliphatic rings. The van der Waals surface area contributed by atoms with Gasteiger partial charge in [0.1, 0.15) is 5.75 Å². The summed E-state index contributed by atoms with van der Waals surface area (Å²) in [5, 5.41) is 3.51. The minimum Gasteiger partial charge on any atom is -0.497 e.